The molecule has 0 unspecified atom stereocenters. The Hall–Kier alpha value is -2.83. The summed E-state index contributed by atoms with van der Waals surface area (Å²) in [6.07, 6.45) is 0. The highest BCUT2D eigenvalue weighted by Gasteiger charge is 2.14. The van der Waals surface area contributed by atoms with Gasteiger partial charge in [-0.25, -0.2) is 0 Å². The predicted molar refractivity (Wildman–Crippen MR) is 97.4 cm³/mol. The Balaban J connectivity index is 1.96. The first-order chi connectivity index (χ1) is 12.9. The average molecular weight is 379 g/mol. The number of carbonyl (C=O) groups excluding carboxylic acids is 1. The molecule has 2 aromatic carbocycles. The Bertz CT molecular complexity index is 750. The summed E-state index contributed by atoms with van der Waals surface area (Å²) in [5.74, 6) is 0.593. The molecule has 27 heavy (non-hydrogen) atoms. The summed E-state index contributed by atoms with van der Waals surface area (Å²) in [6, 6.07) is 12.0. The lowest BCUT2D eigenvalue weighted by Crippen LogP contribution is -2.31. The first-order valence-corrected chi connectivity index (χ1v) is 8.53. The number of nitrogens with zero attached hydrogens (tertiary/aromatic N) is 1. The van der Waals surface area contributed by atoms with E-state index in [1.807, 2.05) is 19.1 Å². The third kappa shape index (κ3) is 6.44. The third-order valence-electron chi connectivity index (χ3n) is 3.75. The lowest BCUT2D eigenvalue weighted by atomic mass is 10.2. The van der Waals surface area contributed by atoms with Crippen LogP contribution in [-0.4, -0.2) is 37.7 Å². The van der Waals surface area contributed by atoms with Crippen molar-refractivity contribution in [3.8, 4) is 17.2 Å². The van der Waals surface area contributed by atoms with Crippen molar-refractivity contribution in [2.24, 2.45) is 0 Å². The quantitative estimate of drug-likeness (QED) is 0.660. The molecule has 0 N–H and O–H groups in total. The molecule has 0 aliphatic carbocycles. The summed E-state index contributed by atoms with van der Waals surface area (Å²) in [6.45, 7) is 1.28. The molecule has 2 aromatic rings. The van der Waals surface area contributed by atoms with Crippen LogP contribution in [-0.2, 0) is 11.3 Å². The SMILES string of the molecule is CCOc1cc(CN(C)C(=O)COc2ccc(C)cc2)ccc1OC(F)F. The Labute approximate surface area is 157 Å². The van der Waals surface area contributed by atoms with Crippen LogP contribution in [0.1, 0.15) is 18.1 Å². The number of hydrogen-bond acceptors (Lipinski definition) is 4. The van der Waals surface area contributed by atoms with Crippen molar-refractivity contribution in [3.63, 3.8) is 0 Å². The van der Waals surface area contributed by atoms with Gasteiger partial charge < -0.3 is 19.1 Å². The van der Waals surface area contributed by atoms with Crippen molar-refractivity contribution in [1.29, 1.82) is 0 Å². The number of hydrogen-bond donors (Lipinski definition) is 0. The molecular weight excluding hydrogens is 356 g/mol. The fourth-order valence-electron chi connectivity index (χ4n) is 2.36. The number of carbonyl (C=O) groups is 1. The van der Waals surface area contributed by atoms with Crippen LogP contribution in [0.5, 0.6) is 17.2 Å². The fraction of sp³-hybridized carbons (Fsp3) is 0.350. The second-order valence-corrected chi connectivity index (χ2v) is 5.94. The van der Waals surface area contributed by atoms with Crippen LogP contribution in [0, 0.1) is 6.92 Å². The van der Waals surface area contributed by atoms with E-state index in [4.69, 9.17) is 9.47 Å². The highest BCUT2D eigenvalue weighted by atomic mass is 19.3. The topological polar surface area (TPSA) is 48.0 Å². The number of aryl methyl sites for hydroxylation is 1. The summed E-state index contributed by atoms with van der Waals surface area (Å²) in [5.41, 5.74) is 1.83. The number of benzene rings is 2. The van der Waals surface area contributed by atoms with Crippen LogP contribution >= 0.6 is 0 Å². The van der Waals surface area contributed by atoms with Gasteiger partial charge in [0.25, 0.3) is 5.91 Å². The number of alkyl halides is 2. The smallest absolute Gasteiger partial charge is 0.387 e. The first-order valence-electron chi connectivity index (χ1n) is 8.53. The molecule has 0 heterocycles. The molecule has 0 radical (unpaired) electrons. The average Bonchev–Trinajstić information content (AvgIpc) is 2.63. The first kappa shape index (κ1) is 20.5. The van der Waals surface area contributed by atoms with Crippen LogP contribution in [0.15, 0.2) is 42.5 Å². The minimum absolute atomic E-state index is 0.0349. The molecule has 5 nitrogen and oxygen atoms in total. The summed E-state index contributed by atoms with van der Waals surface area (Å²) < 4.78 is 40.2. The maximum absolute atomic E-state index is 12.5. The van der Waals surface area contributed by atoms with Gasteiger partial charge in [0.2, 0.25) is 0 Å². The zero-order valence-corrected chi connectivity index (χ0v) is 15.6. The number of halogens is 2. The molecule has 0 fully saturated rings. The number of amides is 1. The van der Waals surface area contributed by atoms with Crippen LogP contribution in [0.4, 0.5) is 8.78 Å². The van der Waals surface area contributed by atoms with E-state index in [-0.39, 0.29) is 30.6 Å². The zero-order chi connectivity index (χ0) is 19.8. The van der Waals surface area contributed by atoms with Crippen molar-refractivity contribution in [2.75, 3.05) is 20.3 Å². The molecule has 0 saturated heterocycles. The van der Waals surface area contributed by atoms with Crippen molar-refractivity contribution < 1.29 is 27.8 Å². The van der Waals surface area contributed by atoms with Crippen LogP contribution < -0.4 is 14.2 Å². The van der Waals surface area contributed by atoms with Crippen LogP contribution in [0.25, 0.3) is 0 Å². The number of rotatable bonds is 9. The molecule has 0 spiro atoms. The summed E-state index contributed by atoms with van der Waals surface area (Å²) in [7, 11) is 1.64. The van der Waals surface area contributed by atoms with Crippen molar-refractivity contribution >= 4 is 5.91 Å². The van der Waals surface area contributed by atoms with Gasteiger partial charge in [-0.1, -0.05) is 23.8 Å². The van der Waals surface area contributed by atoms with Gasteiger partial charge >= 0.3 is 6.61 Å². The van der Waals surface area contributed by atoms with Gasteiger partial charge in [0, 0.05) is 13.6 Å². The molecule has 0 aliphatic rings. The molecule has 7 heteroatoms. The highest BCUT2D eigenvalue weighted by molar-refractivity contribution is 5.77. The fourth-order valence-corrected chi connectivity index (χ4v) is 2.36. The minimum atomic E-state index is -2.93. The molecule has 1 amide bonds. The Morgan fingerprint density at radius 3 is 2.41 bits per heavy atom. The molecule has 0 saturated carbocycles. The summed E-state index contributed by atoms with van der Waals surface area (Å²) in [4.78, 5) is 13.7. The number of likely N-dealkylation sites (N-methyl/N-ethyl adjacent to an activating group) is 1. The van der Waals surface area contributed by atoms with E-state index in [0.29, 0.717) is 12.4 Å². The van der Waals surface area contributed by atoms with E-state index < -0.39 is 6.61 Å². The van der Waals surface area contributed by atoms with E-state index in [1.165, 1.54) is 11.0 Å². The zero-order valence-electron chi connectivity index (χ0n) is 15.6. The normalized spacial score (nSPS) is 10.6. The largest absolute Gasteiger partial charge is 0.490 e. The molecule has 0 bridgehead atoms. The van der Waals surface area contributed by atoms with Gasteiger partial charge in [-0.05, 0) is 43.7 Å². The van der Waals surface area contributed by atoms with Crippen molar-refractivity contribution in [1.82, 2.24) is 4.90 Å². The van der Waals surface area contributed by atoms with E-state index in [0.717, 1.165) is 11.1 Å². The number of ether oxygens (including phenoxy) is 3. The van der Waals surface area contributed by atoms with E-state index in [1.54, 1.807) is 38.2 Å². The lowest BCUT2D eigenvalue weighted by molar-refractivity contribution is -0.132. The van der Waals surface area contributed by atoms with Gasteiger partial charge in [0.15, 0.2) is 18.1 Å². The van der Waals surface area contributed by atoms with Gasteiger partial charge in [-0.3, -0.25) is 4.79 Å². The van der Waals surface area contributed by atoms with E-state index >= 15 is 0 Å². The molecule has 2 rings (SSSR count). The highest BCUT2D eigenvalue weighted by Crippen LogP contribution is 2.30. The maximum atomic E-state index is 12.5. The summed E-state index contributed by atoms with van der Waals surface area (Å²) in [5, 5.41) is 0. The van der Waals surface area contributed by atoms with Crippen LogP contribution in [0.2, 0.25) is 0 Å². The molecule has 0 aliphatic heterocycles. The predicted octanol–water partition coefficient (Wildman–Crippen LogP) is 4.03. The third-order valence-corrected chi connectivity index (χ3v) is 3.75. The second-order valence-electron chi connectivity index (χ2n) is 5.94. The Morgan fingerprint density at radius 2 is 1.78 bits per heavy atom. The lowest BCUT2D eigenvalue weighted by Gasteiger charge is -2.19. The van der Waals surface area contributed by atoms with Gasteiger partial charge in [0.1, 0.15) is 5.75 Å². The Kier molecular flexibility index (Phi) is 7.40. The van der Waals surface area contributed by atoms with Gasteiger partial charge in [0.05, 0.1) is 6.61 Å². The molecular formula is C20H23F2NO4. The van der Waals surface area contributed by atoms with Gasteiger partial charge in [-0.15, -0.1) is 0 Å². The molecule has 0 aromatic heterocycles. The second kappa shape index (κ2) is 9.75. The maximum Gasteiger partial charge on any atom is 0.387 e. The standard InChI is InChI=1S/C20H23F2NO4/c1-4-25-18-11-15(7-10-17(18)27-20(21)22)12-23(3)19(24)13-26-16-8-5-14(2)6-9-16/h5-11,20H,4,12-13H2,1-3H3. The molecule has 0 atom stereocenters. The van der Waals surface area contributed by atoms with Gasteiger partial charge in [-0.2, -0.15) is 8.78 Å². The Morgan fingerprint density at radius 1 is 1.07 bits per heavy atom. The van der Waals surface area contributed by atoms with E-state index in [2.05, 4.69) is 4.74 Å². The van der Waals surface area contributed by atoms with Crippen molar-refractivity contribution in [3.05, 3.63) is 53.6 Å². The van der Waals surface area contributed by atoms with Crippen molar-refractivity contribution in [2.45, 2.75) is 27.0 Å². The summed E-state index contributed by atoms with van der Waals surface area (Å²) >= 11 is 0. The van der Waals surface area contributed by atoms with Crippen LogP contribution in [0.3, 0.4) is 0 Å². The minimum Gasteiger partial charge on any atom is -0.490 e. The molecule has 146 valence electrons. The van der Waals surface area contributed by atoms with E-state index in [9.17, 15) is 13.6 Å². The monoisotopic (exact) mass is 379 g/mol.